The molecule has 0 amide bonds. The van der Waals surface area contributed by atoms with Crippen LogP contribution in [0.5, 0.6) is 5.75 Å². The van der Waals surface area contributed by atoms with Gasteiger partial charge in [-0.15, -0.1) is 0 Å². The second-order valence-corrected chi connectivity index (χ2v) is 3.94. The Morgan fingerprint density at radius 3 is 3.00 bits per heavy atom. The number of carboxylic acid groups (broad SMARTS) is 1. The molecule has 0 aliphatic carbocycles. The maximum Gasteiger partial charge on any atom is 0.303 e. The fraction of sp³-hybridized carbons (Fsp3) is 0.308. The molecule has 4 nitrogen and oxygen atoms in total. The minimum absolute atomic E-state index is 0.196. The van der Waals surface area contributed by atoms with Crippen molar-refractivity contribution in [2.75, 3.05) is 7.11 Å². The first-order valence-corrected chi connectivity index (χ1v) is 5.57. The van der Waals surface area contributed by atoms with Crippen molar-refractivity contribution in [3.8, 4) is 5.75 Å². The Bertz CT molecular complexity index is 530. The number of fused-ring (bicyclic) bond motifs is 1. The number of aryl methyl sites for hydroxylation is 1. The van der Waals surface area contributed by atoms with Crippen molar-refractivity contribution in [2.45, 2.75) is 19.3 Å². The Labute approximate surface area is 99.2 Å². The quantitative estimate of drug-likeness (QED) is 0.834. The zero-order chi connectivity index (χ0) is 12.3. The number of nitrogens with one attached hydrogen (secondary N) is 1. The molecule has 0 aliphatic heterocycles. The number of aromatic amines is 1. The number of ether oxygens (including phenoxy) is 1. The van der Waals surface area contributed by atoms with Crippen molar-refractivity contribution in [1.29, 1.82) is 0 Å². The second-order valence-electron chi connectivity index (χ2n) is 3.94. The fourth-order valence-electron chi connectivity index (χ4n) is 2.02. The summed E-state index contributed by atoms with van der Waals surface area (Å²) < 4.78 is 5.32. The molecule has 0 aliphatic rings. The van der Waals surface area contributed by atoms with E-state index in [-0.39, 0.29) is 6.42 Å². The van der Waals surface area contributed by atoms with Crippen LogP contribution in [0.2, 0.25) is 0 Å². The molecule has 1 heterocycles. The van der Waals surface area contributed by atoms with E-state index < -0.39 is 5.97 Å². The van der Waals surface area contributed by atoms with E-state index in [1.165, 1.54) is 0 Å². The molecule has 4 heteroatoms. The highest BCUT2D eigenvalue weighted by Gasteiger charge is 2.09. The van der Waals surface area contributed by atoms with Crippen LogP contribution in [-0.2, 0) is 11.2 Å². The number of H-pyrrole nitrogens is 1. The first kappa shape index (κ1) is 11.5. The number of carboxylic acids is 1. The van der Waals surface area contributed by atoms with Crippen LogP contribution >= 0.6 is 0 Å². The maximum absolute atomic E-state index is 10.5. The molecule has 0 saturated carbocycles. The molecule has 0 bridgehead atoms. The number of aromatic nitrogens is 1. The first-order valence-electron chi connectivity index (χ1n) is 5.57. The van der Waals surface area contributed by atoms with E-state index in [0.717, 1.165) is 28.6 Å². The minimum atomic E-state index is -0.753. The highest BCUT2D eigenvalue weighted by molar-refractivity contribution is 5.89. The van der Waals surface area contributed by atoms with Gasteiger partial charge in [-0.2, -0.15) is 0 Å². The normalized spacial score (nSPS) is 10.6. The summed E-state index contributed by atoms with van der Waals surface area (Å²) in [6.07, 6.45) is 3.50. The third kappa shape index (κ3) is 2.41. The van der Waals surface area contributed by atoms with Gasteiger partial charge in [0.05, 0.1) is 7.11 Å². The van der Waals surface area contributed by atoms with Crippen LogP contribution in [0.25, 0.3) is 10.9 Å². The van der Waals surface area contributed by atoms with E-state index >= 15 is 0 Å². The van der Waals surface area contributed by atoms with Gasteiger partial charge in [-0.3, -0.25) is 4.79 Å². The van der Waals surface area contributed by atoms with Gasteiger partial charge in [0.1, 0.15) is 5.75 Å². The number of hydrogen-bond donors (Lipinski definition) is 2. The monoisotopic (exact) mass is 233 g/mol. The summed E-state index contributed by atoms with van der Waals surface area (Å²) in [5.41, 5.74) is 2.13. The van der Waals surface area contributed by atoms with Crippen molar-refractivity contribution in [2.24, 2.45) is 0 Å². The summed E-state index contributed by atoms with van der Waals surface area (Å²) in [5, 5.41) is 9.68. The molecule has 0 radical (unpaired) electrons. The van der Waals surface area contributed by atoms with Gasteiger partial charge >= 0.3 is 5.97 Å². The predicted molar refractivity (Wildman–Crippen MR) is 65.4 cm³/mol. The van der Waals surface area contributed by atoms with Crippen LogP contribution in [0, 0.1) is 0 Å². The van der Waals surface area contributed by atoms with Gasteiger partial charge in [0, 0.05) is 23.5 Å². The Hall–Kier alpha value is -1.97. The third-order valence-electron chi connectivity index (χ3n) is 2.81. The lowest BCUT2D eigenvalue weighted by molar-refractivity contribution is -0.137. The molecule has 1 aromatic carbocycles. The number of aliphatic carboxylic acids is 1. The van der Waals surface area contributed by atoms with E-state index in [9.17, 15) is 4.79 Å². The van der Waals surface area contributed by atoms with Gasteiger partial charge in [-0.1, -0.05) is 6.07 Å². The lowest BCUT2D eigenvalue weighted by atomic mass is 10.1. The Balaban J connectivity index is 2.25. The SMILES string of the molecule is COc1cccc2[nH]cc(CCCC(=O)O)c12. The summed E-state index contributed by atoms with van der Waals surface area (Å²) >= 11 is 0. The molecule has 17 heavy (non-hydrogen) atoms. The molecular formula is C13H15NO3. The van der Waals surface area contributed by atoms with Gasteiger partial charge in [0.25, 0.3) is 0 Å². The molecule has 2 N–H and O–H groups in total. The molecule has 2 rings (SSSR count). The number of benzene rings is 1. The van der Waals surface area contributed by atoms with E-state index in [0.29, 0.717) is 6.42 Å². The zero-order valence-electron chi connectivity index (χ0n) is 9.69. The molecule has 0 saturated heterocycles. The standard InChI is InChI=1S/C13H15NO3/c1-17-11-6-3-5-10-13(11)9(8-14-10)4-2-7-12(15)16/h3,5-6,8,14H,2,4,7H2,1H3,(H,15,16). The van der Waals surface area contributed by atoms with Crippen LogP contribution < -0.4 is 4.74 Å². The summed E-state index contributed by atoms with van der Waals surface area (Å²) in [5.74, 6) is 0.0749. The average molecular weight is 233 g/mol. The average Bonchev–Trinajstić information content (AvgIpc) is 2.72. The Morgan fingerprint density at radius 2 is 2.29 bits per heavy atom. The van der Waals surface area contributed by atoms with Crippen LogP contribution in [0.15, 0.2) is 24.4 Å². The molecule has 0 spiro atoms. The number of carbonyl (C=O) groups is 1. The van der Waals surface area contributed by atoms with Crippen molar-refractivity contribution < 1.29 is 14.6 Å². The predicted octanol–water partition coefficient (Wildman–Crippen LogP) is 2.58. The smallest absolute Gasteiger partial charge is 0.303 e. The number of rotatable bonds is 5. The molecule has 2 aromatic rings. The van der Waals surface area contributed by atoms with E-state index in [4.69, 9.17) is 9.84 Å². The maximum atomic E-state index is 10.5. The van der Waals surface area contributed by atoms with E-state index in [2.05, 4.69) is 4.98 Å². The Morgan fingerprint density at radius 1 is 1.47 bits per heavy atom. The summed E-state index contributed by atoms with van der Waals surface area (Å²) in [7, 11) is 1.64. The molecule has 0 fully saturated rings. The van der Waals surface area contributed by atoms with E-state index in [1.54, 1.807) is 7.11 Å². The fourth-order valence-corrected chi connectivity index (χ4v) is 2.02. The zero-order valence-corrected chi connectivity index (χ0v) is 9.69. The van der Waals surface area contributed by atoms with Gasteiger partial charge in [0.15, 0.2) is 0 Å². The molecule has 0 atom stereocenters. The summed E-state index contributed by atoms with van der Waals surface area (Å²) in [6, 6.07) is 5.83. The van der Waals surface area contributed by atoms with Gasteiger partial charge in [0.2, 0.25) is 0 Å². The van der Waals surface area contributed by atoms with Crippen molar-refractivity contribution in [3.05, 3.63) is 30.0 Å². The molecule has 1 aromatic heterocycles. The highest BCUT2D eigenvalue weighted by Crippen LogP contribution is 2.29. The molecule has 90 valence electrons. The number of methoxy groups -OCH3 is 1. The van der Waals surface area contributed by atoms with Crippen molar-refractivity contribution in [1.82, 2.24) is 4.98 Å². The second kappa shape index (κ2) is 4.91. The lowest BCUT2D eigenvalue weighted by Gasteiger charge is -2.04. The highest BCUT2D eigenvalue weighted by atomic mass is 16.5. The van der Waals surface area contributed by atoms with Gasteiger partial charge < -0.3 is 14.8 Å². The van der Waals surface area contributed by atoms with Gasteiger partial charge in [-0.25, -0.2) is 0 Å². The van der Waals surface area contributed by atoms with Gasteiger partial charge in [-0.05, 0) is 30.5 Å². The van der Waals surface area contributed by atoms with Crippen molar-refractivity contribution in [3.63, 3.8) is 0 Å². The van der Waals surface area contributed by atoms with Crippen LogP contribution in [-0.4, -0.2) is 23.2 Å². The van der Waals surface area contributed by atoms with Crippen LogP contribution in [0.4, 0.5) is 0 Å². The Kier molecular flexibility index (Phi) is 3.32. The summed E-state index contributed by atoms with van der Waals surface area (Å²) in [4.78, 5) is 13.7. The van der Waals surface area contributed by atoms with Crippen molar-refractivity contribution >= 4 is 16.9 Å². The third-order valence-corrected chi connectivity index (χ3v) is 2.81. The largest absolute Gasteiger partial charge is 0.496 e. The topological polar surface area (TPSA) is 62.3 Å². The molecular weight excluding hydrogens is 218 g/mol. The van der Waals surface area contributed by atoms with Crippen LogP contribution in [0.3, 0.4) is 0 Å². The molecule has 0 unspecified atom stereocenters. The number of hydrogen-bond acceptors (Lipinski definition) is 2. The first-order chi connectivity index (χ1) is 8.22. The van der Waals surface area contributed by atoms with E-state index in [1.807, 2.05) is 24.4 Å². The summed E-state index contributed by atoms with van der Waals surface area (Å²) in [6.45, 7) is 0. The lowest BCUT2D eigenvalue weighted by Crippen LogP contribution is -1.95. The minimum Gasteiger partial charge on any atom is -0.496 e. The van der Waals surface area contributed by atoms with Crippen LogP contribution in [0.1, 0.15) is 18.4 Å².